The summed E-state index contributed by atoms with van der Waals surface area (Å²) in [6.45, 7) is 13.5. The van der Waals surface area contributed by atoms with E-state index < -0.39 is 41.3 Å². The van der Waals surface area contributed by atoms with Gasteiger partial charge in [-0.05, 0) is 48.8 Å². The van der Waals surface area contributed by atoms with E-state index in [4.69, 9.17) is 16.2 Å². The Morgan fingerprint density at radius 2 is 1.53 bits per heavy atom. The molecule has 0 aromatic heterocycles. The molecule has 0 radical (unpaired) electrons. The van der Waals surface area contributed by atoms with Gasteiger partial charge in [0, 0.05) is 24.8 Å². The van der Waals surface area contributed by atoms with E-state index in [2.05, 4.69) is 16.0 Å². The SMILES string of the molecule is CCCCCC(=O)NC(Cc1ccc(OC(=O)C(N)C(C)C)cc1)C(=O)NC(C(=O)NCCC(C)(CCC)C(N)=O)C(C)CC. The molecule has 254 valence electrons. The van der Waals surface area contributed by atoms with Gasteiger partial charge >= 0.3 is 5.97 Å². The van der Waals surface area contributed by atoms with Gasteiger partial charge in [-0.2, -0.15) is 0 Å². The number of hydrogen-bond acceptors (Lipinski definition) is 7. The van der Waals surface area contributed by atoms with Crippen LogP contribution in [0.4, 0.5) is 0 Å². The first-order chi connectivity index (χ1) is 21.2. The van der Waals surface area contributed by atoms with E-state index >= 15 is 0 Å². The zero-order chi connectivity index (χ0) is 34.2. The lowest BCUT2D eigenvalue weighted by molar-refractivity contribution is -0.137. The van der Waals surface area contributed by atoms with Crippen molar-refractivity contribution in [3.63, 3.8) is 0 Å². The summed E-state index contributed by atoms with van der Waals surface area (Å²) in [6.07, 6.45) is 5.41. The van der Waals surface area contributed by atoms with Gasteiger partial charge in [-0.3, -0.25) is 19.2 Å². The van der Waals surface area contributed by atoms with Gasteiger partial charge in [-0.15, -0.1) is 0 Å². The number of rotatable bonds is 21. The maximum Gasteiger partial charge on any atom is 0.328 e. The molecule has 45 heavy (non-hydrogen) atoms. The zero-order valence-electron chi connectivity index (χ0n) is 28.4. The summed E-state index contributed by atoms with van der Waals surface area (Å²) in [6, 6.07) is 4.14. The van der Waals surface area contributed by atoms with E-state index in [9.17, 15) is 24.0 Å². The average Bonchev–Trinajstić information content (AvgIpc) is 2.99. The summed E-state index contributed by atoms with van der Waals surface area (Å²) in [5.74, 6) is -1.98. The van der Waals surface area contributed by atoms with Gasteiger partial charge in [-0.25, -0.2) is 4.79 Å². The first kappa shape index (κ1) is 39.6. The highest BCUT2D eigenvalue weighted by Crippen LogP contribution is 2.26. The number of carbonyl (C=O) groups excluding carboxylic acids is 5. The minimum Gasteiger partial charge on any atom is -0.425 e. The van der Waals surface area contributed by atoms with Gasteiger partial charge in [0.05, 0.1) is 0 Å². The summed E-state index contributed by atoms with van der Waals surface area (Å²) in [5, 5.41) is 8.60. The summed E-state index contributed by atoms with van der Waals surface area (Å²) in [7, 11) is 0. The van der Waals surface area contributed by atoms with Gasteiger partial charge in [0.25, 0.3) is 0 Å². The average molecular weight is 632 g/mol. The molecule has 0 heterocycles. The number of amides is 4. The fourth-order valence-electron chi connectivity index (χ4n) is 4.85. The van der Waals surface area contributed by atoms with Crippen LogP contribution < -0.4 is 32.2 Å². The second-order valence-electron chi connectivity index (χ2n) is 12.7. The molecular weight excluding hydrogens is 574 g/mol. The Kier molecular flexibility index (Phi) is 17.4. The molecule has 1 aromatic carbocycles. The van der Waals surface area contributed by atoms with Crippen LogP contribution in [-0.4, -0.2) is 54.3 Å². The molecule has 5 unspecified atom stereocenters. The summed E-state index contributed by atoms with van der Waals surface area (Å²) >= 11 is 0. The highest BCUT2D eigenvalue weighted by molar-refractivity contribution is 5.92. The molecule has 11 heteroatoms. The molecule has 1 aromatic rings. The largest absolute Gasteiger partial charge is 0.425 e. The van der Waals surface area contributed by atoms with E-state index in [1.807, 2.05) is 41.5 Å². The van der Waals surface area contributed by atoms with Crippen LogP contribution in [-0.2, 0) is 30.4 Å². The Labute approximate surface area is 269 Å². The summed E-state index contributed by atoms with van der Waals surface area (Å²) < 4.78 is 5.38. The third-order valence-corrected chi connectivity index (χ3v) is 8.40. The Morgan fingerprint density at radius 1 is 0.889 bits per heavy atom. The molecule has 0 aliphatic rings. The van der Waals surface area contributed by atoms with Crippen LogP contribution in [0.15, 0.2) is 24.3 Å². The van der Waals surface area contributed by atoms with Crippen LogP contribution >= 0.6 is 0 Å². The molecule has 7 N–H and O–H groups in total. The van der Waals surface area contributed by atoms with Crippen molar-refractivity contribution in [2.45, 2.75) is 124 Å². The highest BCUT2D eigenvalue weighted by atomic mass is 16.5. The topological polar surface area (TPSA) is 183 Å². The monoisotopic (exact) mass is 631 g/mol. The number of benzene rings is 1. The summed E-state index contributed by atoms with van der Waals surface area (Å²) in [4.78, 5) is 64.0. The Balaban J connectivity index is 3.09. The smallest absolute Gasteiger partial charge is 0.328 e. The maximum atomic E-state index is 13.7. The molecular formula is C34H57N5O6. The third-order valence-electron chi connectivity index (χ3n) is 8.40. The van der Waals surface area contributed by atoms with Crippen LogP contribution in [0.5, 0.6) is 5.75 Å². The lowest BCUT2D eigenvalue weighted by Gasteiger charge is -2.28. The van der Waals surface area contributed by atoms with E-state index in [-0.39, 0.29) is 43.0 Å². The molecule has 0 bridgehead atoms. The Hall–Kier alpha value is -3.47. The van der Waals surface area contributed by atoms with Gasteiger partial charge in [0.2, 0.25) is 23.6 Å². The first-order valence-electron chi connectivity index (χ1n) is 16.4. The van der Waals surface area contributed by atoms with Crippen molar-refractivity contribution < 1.29 is 28.7 Å². The van der Waals surface area contributed by atoms with E-state index in [0.29, 0.717) is 31.4 Å². The number of carbonyl (C=O) groups is 5. The number of unbranched alkanes of at least 4 members (excludes halogenated alkanes) is 2. The molecule has 1 rings (SSSR count). The molecule has 0 fully saturated rings. The lowest BCUT2D eigenvalue weighted by Crippen LogP contribution is -2.56. The normalized spacial score (nSPS) is 15.2. The Bertz CT molecular complexity index is 1110. The molecule has 5 atom stereocenters. The van der Waals surface area contributed by atoms with Gasteiger partial charge in [-0.1, -0.05) is 86.3 Å². The quantitative estimate of drug-likeness (QED) is 0.0781. The van der Waals surface area contributed by atoms with Gasteiger partial charge in [0.1, 0.15) is 23.9 Å². The predicted octanol–water partition coefficient (Wildman–Crippen LogP) is 3.51. The van der Waals surface area contributed by atoms with Crippen molar-refractivity contribution in [1.82, 2.24) is 16.0 Å². The zero-order valence-corrected chi connectivity index (χ0v) is 28.4. The Morgan fingerprint density at radius 3 is 2.07 bits per heavy atom. The van der Waals surface area contributed by atoms with Crippen molar-refractivity contribution in [3.05, 3.63) is 29.8 Å². The number of primary amides is 1. The van der Waals surface area contributed by atoms with Crippen LogP contribution in [0.2, 0.25) is 0 Å². The lowest BCUT2D eigenvalue weighted by atomic mass is 9.81. The second-order valence-corrected chi connectivity index (χ2v) is 12.7. The van der Waals surface area contributed by atoms with E-state index in [1.165, 1.54) is 0 Å². The predicted molar refractivity (Wildman–Crippen MR) is 176 cm³/mol. The van der Waals surface area contributed by atoms with Crippen LogP contribution in [0.1, 0.15) is 105 Å². The number of hydrogen-bond donors (Lipinski definition) is 5. The van der Waals surface area contributed by atoms with Crippen molar-refractivity contribution in [1.29, 1.82) is 0 Å². The fourth-order valence-corrected chi connectivity index (χ4v) is 4.85. The van der Waals surface area contributed by atoms with Crippen LogP contribution in [0, 0.1) is 17.3 Å². The van der Waals surface area contributed by atoms with Crippen molar-refractivity contribution in [3.8, 4) is 5.75 Å². The minimum atomic E-state index is -0.941. The van der Waals surface area contributed by atoms with E-state index in [1.54, 1.807) is 31.2 Å². The summed E-state index contributed by atoms with van der Waals surface area (Å²) in [5.41, 5.74) is 11.5. The molecule has 0 spiro atoms. The van der Waals surface area contributed by atoms with Gasteiger partial charge in [0.15, 0.2) is 0 Å². The van der Waals surface area contributed by atoms with Crippen LogP contribution in [0.3, 0.4) is 0 Å². The molecule has 4 amide bonds. The molecule has 0 aliphatic carbocycles. The minimum absolute atomic E-state index is 0.0743. The first-order valence-corrected chi connectivity index (χ1v) is 16.4. The molecule has 0 saturated heterocycles. The standard InChI is InChI=1S/C34H57N5O6/c1-8-11-12-13-27(40)38-26(21-24-14-16-25(17-15-24)45-32(43)28(35)22(4)5)30(41)39-29(23(6)10-3)31(42)37-20-19-34(7,18-9-2)33(36)44/h14-17,22-23,26,28-29H,8-13,18-21,35H2,1-7H3,(H2,36,44)(H,37,42)(H,38,40)(H,39,41). The van der Waals surface area contributed by atoms with E-state index in [0.717, 1.165) is 24.8 Å². The molecule has 0 aliphatic heterocycles. The maximum absolute atomic E-state index is 13.7. The van der Waals surface area contributed by atoms with Crippen molar-refractivity contribution >= 4 is 29.6 Å². The number of esters is 1. The van der Waals surface area contributed by atoms with Crippen molar-refractivity contribution in [2.75, 3.05) is 6.54 Å². The number of ether oxygens (including phenoxy) is 1. The fraction of sp³-hybridized carbons (Fsp3) is 0.676. The third kappa shape index (κ3) is 13.6. The molecule has 0 saturated carbocycles. The van der Waals surface area contributed by atoms with Gasteiger partial charge < -0.3 is 32.2 Å². The number of nitrogens with two attached hydrogens (primary N) is 2. The second kappa shape index (κ2) is 19.8. The highest BCUT2D eigenvalue weighted by Gasteiger charge is 2.32. The number of nitrogens with one attached hydrogen (secondary N) is 3. The van der Waals surface area contributed by atoms with Crippen LogP contribution in [0.25, 0.3) is 0 Å². The molecule has 11 nitrogen and oxygen atoms in total. The van der Waals surface area contributed by atoms with Crippen molar-refractivity contribution in [2.24, 2.45) is 28.7 Å².